The van der Waals surface area contributed by atoms with Gasteiger partial charge in [-0.05, 0) is 54.5 Å². The van der Waals surface area contributed by atoms with Gasteiger partial charge in [-0.1, -0.05) is 0 Å². The van der Waals surface area contributed by atoms with E-state index in [2.05, 4.69) is 56.7 Å². The van der Waals surface area contributed by atoms with Gasteiger partial charge in [0.1, 0.15) is 0 Å². The second kappa shape index (κ2) is 8.47. The fourth-order valence-electron chi connectivity index (χ4n) is 2.58. The summed E-state index contributed by atoms with van der Waals surface area (Å²) in [5.74, 6) is 0. The molecule has 0 aromatic heterocycles. The first-order chi connectivity index (χ1) is 9.68. The summed E-state index contributed by atoms with van der Waals surface area (Å²) in [6, 6.07) is 0. The summed E-state index contributed by atoms with van der Waals surface area (Å²) in [5, 5.41) is 3.49. The van der Waals surface area contributed by atoms with E-state index in [4.69, 9.17) is 4.74 Å². The van der Waals surface area contributed by atoms with Gasteiger partial charge < -0.3 is 10.1 Å². The van der Waals surface area contributed by atoms with E-state index < -0.39 is 0 Å². The van der Waals surface area contributed by atoms with E-state index in [1.54, 1.807) is 0 Å². The summed E-state index contributed by atoms with van der Waals surface area (Å²) in [4.78, 5) is 5.10. The molecule has 21 heavy (non-hydrogen) atoms. The fourth-order valence-corrected chi connectivity index (χ4v) is 2.58. The first-order valence-corrected chi connectivity index (χ1v) is 8.49. The summed E-state index contributed by atoms with van der Waals surface area (Å²) in [6.45, 7) is 22.1. The monoisotopic (exact) mass is 299 g/mol. The van der Waals surface area contributed by atoms with Crippen LogP contribution < -0.4 is 5.32 Å². The van der Waals surface area contributed by atoms with Crippen molar-refractivity contribution in [2.75, 3.05) is 52.5 Å². The lowest BCUT2D eigenvalue weighted by Gasteiger charge is -2.42. The van der Waals surface area contributed by atoms with E-state index in [0.29, 0.717) is 5.54 Å². The predicted molar refractivity (Wildman–Crippen MR) is 91.0 cm³/mol. The molecule has 1 heterocycles. The Bertz CT molecular complexity index is 273. The molecule has 1 saturated heterocycles. The van der Waals surface area contributed by atoms with Gasteiger partial charge in [-0.15, -0.1) is 0 Å². The molecule has 0 aliphatic carbocycles. The standard InChI is InChI=1S/C17H37N3O/c1-16(2,3)18-8-7-14-21-15-13-19-9-11-20(12-10-19)17(4,5)6/h18H,7-15H2,1-6H3. The number of hydrogen-bond acceptors (Lipinski definition) is 4. The summed E-state index contributed by atoms with van der Waals surface area (Å²) < 4.78 is 5.75. The first-order valence-electron chi connectivity index (χ1n) is 8.49. The molecule has 0 spiro atoms. The number of rotatable bonds is 7. The van der Waals surface area contributed by atoms with E-state index >= 15 is 0 Å². The highest BCUT2D eigenvalue weighted by Gasteiger charge is 2.25. The van der Waals surface area contributed by atoms with Crippen LogP contribution in [0.2, 0.25) is 0 Å². The van der Waals surface area contributed by atoms with Gasteiger partial charge in [0.2, 0.25) is 0 Å². The van der Waals surface area contributed by atoms with Crippen molar-refractivity contribution in [1.29, 1.82) is 0 Å². The average Bonchev–Trinajstić information content (AvgIpc) is 2.36. The molecule has 0 atom stereocenters. The quantitative estimate of drug-likeness (QED) is 0.729. The molecule has 0 bridgehead atoms. The number of nitrogens with one attached hydrogen (secondary N) is 1. The SMILES string of the molecule is CC(C)(C)NCCCOCCN1CCN(C(C)(C)C)CC1. The van der Waals surface area contributed by atoms with E-state index in [1.165, 1.54) is 26.2 Å². The molecule has 0 amide bonds. The Morgan fingerprint density at radius 1 is 0.905 bits per heavy atom. The Morgan fingerprint density at radius 3 is 2.05 bits per heavy atom. The van der Waals surface area contributed by atoms with Gasteiger partial charge in [-0.3, -0.25) is 9.80 Å². The van der Waals surface area contributed by atoms with Gasteiger partial charge in [0.05, 0.1) is 6.61 Å². The number of hydrogen-bond donors (Lipinski definition) is 1. The molecule has 1 rings (SSSR count). The zero-order valence-corrected chi connectivity index (χ0v) is 15.2. The van der Waals surface area contributed by atoms with Crippen LogP contribution in [0.15, 0.2) is 0 Å². The lowest BCUT2D eigenvalue weighted by atomic mass is 10.1. The smallest absolute Gasteiger partial charge is 0.0593 e. The maximum absolute atomic E-state index is 5.75. The normalized spacial score (nSPS) is 19.1. The topological polar surface area (TPSA) is 27.7 Å². The van der Waals surface area contributed by atoms with Crippen LogP contribution in [0.1, 0.15) is 48.0 Å². The van der Waals surface area contributed by atoms with E-state index in [-0.39, 0.29) is 5.54 Å². The molecule has 126 valence electrons. The minimum Gasteiger partial charge on any atom is -0.380 e. The molecule has 1 aliphatic rings. The van der Waals surface area contributed by atoms with Crippen molar-refractivity contribution in [3.05, 3.63) is 0 Å². The van der Waals surface area contributed by atoms with Crippen LogP contribution in [0.4, 0.5) is 0 Å². The molecule has 0 aromatic rings. The fraction of sp³-hybridized carbons (Fsp3) is 1.00. The Labute approximate surface area is 132 Å². The van der Waals surface area contributed by atoms with Gasteiger partial charge in [0, 0.05) is 50.4 Å². The highest BCUT2D eigenvalue weighted by Crippen LogP contribution is 2.15. The van der Waals surface area contributed by atoms with Crippen molar-refractivity contribution >= 4 is 0 Å². The van der Waals surface area contributed by atoms with Crippen LogP contribution in [0.5, 0.6) is 0 Å². The third-order valence-corrected chi connectivity index (χ3v) is 3.99. The van der Waals surface area contributed by atoms with Gasteiger partial charge in [0.25, 0.3) is 0 Å². The molecule has 1 N–H and O–H groups in total. The third-order valence-electron chi connectivity index (χ3n) is 3.99. The van der Waals surface area contributed by atoms with Crippen molar-refractivity contribution in [1.82, 2.24) is 15.1 Å². The van der Waals surface area contributed by atoms with Crippen LogP contribution in [-0.4, -0.2) is 73.4 Å². The highest BCUT2D eigenvalue weighted by atomic mass is 16.5. The average molecular weight is 300 g/mol. The van der Waals surface area contributed by atoms with Crippen molar-refractivity contribution in [3.8, 4) is 0 Å². The summed E-state index contributed by atoms with van der Waals surface area (Å²) in [7, 11) is 0. The van der Waals surface area contributed by atoms with Crippen LogP contribution >= 0.6 is 0 Å². The maximum Gasteiger partial charge on any atom is 0.0593 e. The number of piperazine rings is 1. The Kier molecular flexibility index (Phi) is 7.62. The third kappa shape index (κ3) is 8.77. The molecule has 0 unspecified atom stereocenters. The van der Waals surface area contributed by atoms with Crippen LogP contribution in [0, 0.1) is 0 Å². The summed E-state index contributed by atoms with van der Waals surface area (Å²) in [5.41, 5.74) is 0.523. The summed E-state index contributed by atoms with van der Waals surface area (Å²) in [6.07, 6.45) is 1.09. The van der Waals surface area contributed by atoms with Gasteiger partial charge in [0.15, 0.2) is 0 Å². The Hall–Kier alpha value is -0.160. The van der Waals surface area contributed by atoms with Crippen molar-refractivity contribution in [2.45, 2.75) is 59.0 Å². The first kappa shape index (κ1) is 18.9. The molecule has 1 aliphatic heterocycles. The van der Waals surface area contributed by atoms with Crippen molar-refractivity contribution < 1.29 is 4.74 Å². The van der Waals surface area contributed by atoms with E-state index in [0.717, 1.165) is 32.7 Å². The zero-order valence-electron chi connectivity index (χ0n) is 15.2. The predicted octanol–water partition coefficient (Wildman–Crippen LogP) is 2.20. The Morgan fingerprint density at radius 2 is 1.52 bits per heavy atom. The molecule has 0 aromatic carbocycles. The lowest BCUT2D eigenvalue weighted by molar-refractivity contribution is 0.0412. The largest absolute Gasteiger partial charge is 0.380 e. The molecule has 4 nitrogen and oxygen atoms in total. The number of ether oxygens (including phenoxy) is 1. The molecule has 0 saturated carbocycles. The molecule has 1 fully saturated rings. The minimum absolute atomic E-state index is 0.215. The molecule has 0 radical (unpaired) electrons. The van der Waals surface area contributed by atoms with E-state index in [9.17, 15) is 0 Å². The summed E-state index contributed by atoms with van der Waals surface area (Å²) >= 11 is 0. The van der Waals surface area contributed by atoms with Crippen LogP contribution in [0.25, 0.3) is 0 Å². The van der Waals surface area contributed by atoms with Gasteiger partial charge in [-0.2, -0.15) is 0 Å². The van der Waals surface area contributed by atoms with Crippen molar-refractivity contribution in [2.24, 2.45) is 0 Å². The second-order valence-corrected chi connectivity index (χ2v) is 8.14. The zero-order chi connectivity index (χ0) is 15.9. The maximum atomic E-state index is 5.75. The van der Waals surface area contributed by atoms with Gasteiger partial charge >= 0.3 is 0 Å². The molecular formula is C17H37N3O. The number of nitrogens with zero attached hydrogens (tertiary/aromatic N) is 2. The van der Waals surface area contributed by atoms with E-state index in [1.807, 2.05) is 0 Å². The molecular weight excluding hydrogens is 262 g/mol. The van der Waals surface area contributed by atoms with Crippen molar-refractivity contribution in [3.63, 3.8) is 0 Å². The Balaban J connectivity index is 1.98. The van der Waals surface area contributed by atoms with Crippen LogP contribution in [0.3, 0.4) is 0 Å². The minimum atomic E-state index is 0.215. The lowest BCUT2D eigenvalue weighted by Crippen LogP contribution is -2.53. The second-order valence-electron chi connectivity index (χ2n) is 8.14. The highest BCUT2D eigenvalue weighted by molar-refractivity contribution is 4.81. The van der Waals surface area contributed by atoms with Crippen LogP contribution in [-0.2, 0) is 4.74 Å². The van der Waals surface area contributed by atoms with Gasteiger partial charge in [-0.25, -0.2) is 0 Å². The molecule has 4 heteroatoms.